The zero-order valence-corrected chi connectivity index (χ0v) is 13.1. The third-order valence-corrected chi connectivity index (χ3v) is 3.92. The first kappa shape index (κ1) is 16.8. The number of rotatable bonds is 5. The molecule has 1 aromatic carbocycles. The predicted octanol–water partition coefficient (Wildman–Crippen LogP) is 3.94. The summed E-state index contributed by atoms with van der Waals surface area (Å²) in [4.78, 5) is 23.5. The van der Waals surface area contributed by atoms with Gasteiger partial charge in [-0.1, -0.05) is 37.0 Å². The molecule has 4 nitrogen and oxygen atoms in total. The minimum atomic E-state index is -1.27. The van der Waals surface area contributed by atoms with E-state index in [0.717, 1.165) is 0 Å². The van der Waals surface area contributed by atoms with Crippen molar-refractivity contribution in [3.8, 4) is 6.07 Å². The van der Waals surface area contributed by atoms with Gasteiger partial charge in [0.05, 0.1) is 16.1 Å². The first-order chi connectivity index (χ1) is 9.36. The molecular weight excluding hydrogens is 319 g/mol. The number of carbonyl (C=O) groups excluding carboxylic acids is 2. The minimum absolute atomic E-state index is 0.347. The summed E-state index contributed by atoms with van der Waals surface area (Å²) in [5.74, 6) is -2.02. The molecular formula is C13H12Cl2N2O2S. The van der Waals surface area contributed by atoms with Gasteiger partial charge in [-0.15, -0.1) is 0 Å². The van der Waals surface area contributed by atoms with E-state index in [0.29, 0.717) is 27.7 Å². The lowest BCUT2D eigenvalue weighted by atomic mass is 9.98. The fourth-order valence-electron chi connectivity index (χ4n) is 1.29. The van der Waals surface area contributed by atoms with Crippen LogP contribution in [-0.2, 0) is 9.59 Å². The largest absolute Gasteiger partial charge is 0.323 e. The van der Waals surface area contributed by atoms with Gasteiger partial charge >= 0.3 is 0 Å². The Morgan fingerprint density at radius 2 is 1.95 bits per heavy atom. The van der Waals surface area contributed by atoms with E-state index in [1.807, 2.05) is 0 Å². The van der Waals surface area contributed by atoms with Gasteiger partial charge in [0.15, 0.2) is 11.7 Å². The molecule has 0 bridgehead atoms. The molecule has 0 aliphatic rings. The van der Waals surface area contributed by atoms with Crippen LogP contribution in [0.15, 0.2) is 18.2 Å². The molecule has 0 spiro atoms. The van der Waals surface area contributed by atoms with E-state index in [9.17, 15) is 9.59 Å². The second kappa shape index (κ2) is 7.53. The van der Waals surface area contributed by atoms with Crippen LogP contribution in [-0.4, -0.2) is 10.9 Å². The minimum Gasteiger partial charge on any atom is -0.323 e. The molecule has 0 aliphatic heterocycles. The highest BCUT2D eigenvalue weighted by atomic mass is 35.5. The van der Waals surface area contributed by atoms with Gasteiger partial charge in [0.1, 0.15) is 0 Å². The molecule has 1 N–H and O–H groups in total. The van der Waals surface area contributed by atoms with Gasteiger partial charge in [-0.05, 0) is 18.2 Å². The first-order valence-electron chi connectivity index (χ1n) is 5.72. The van der Waals surface area contributed by atoms with Crippen LogP contribution >= 0.6 is 35.1 Å². The van der Waals surface area contributed by atoms with Crippen molar-refractivity contribution in [2.75, 3.05) is 4.72 Å². The van der Waals surface area contributed by atoms with Crippen LogP contribution in [0.2, 0.25) is 10.0 Å². The van der Waals surface area contributed by atoms with Gasteiger partial charge in [0.2, 0.25) is 5.12 Å². The summed E-state index contributed by atoms with van der Waals surface area (Å²) < 4.78 is 2.74. The maximum Gasteiger partial charge on any atom is 0.233 e. The van der Waals surface area contributed by atoms with E-state index >= 15 is 0 Å². The predicted molar refractivity (Wildman–Crippen MR) is 81.6 cm³/mol. The number of anilines is 1. The Labute approximate surface area is 131 Å². The first-order valence-corrected chi connectivity index (χ1v) is 7.29. The smallest absolute Gasteiger partial charge is 0.233 e. The van der Waals surface area contributed by atoms with Gasteiger partial charge in [0.25, 0.3) is 0 Å². The molecule has 0 radical (unpaired) electrons. The number of halogens is 2. The number of nitrogens with zero attached hydrogens (tertiary/aromatic N) is 1. The molecule has 0 saturated heterocycles. The highest BCUT2D eigenvalue weighted by Gasteiger charge is 2.28. The number of benzene rings is 1. The Balaban J connectivity index is 2.69. The van der Waals surface area contributed by atoms with E-state index in [4.69, 9.17) is 28.5 Å². The number of hydrogen-bond donors (Lipinski definition) is 1. The molecule has 20 heavy (non-hydrogen) atoms. The zero-order valence-electron chi connectivity index (χ0n) is 10.8. The molecule has 1 aromatic rings. The third kappa shape index (κ3) is 4.41. The van der Waals surface area contributed by atoms with Crippen molar-refractivity contribution in [2.45, 2.75) is 13.8 Å². The van der Waals surface area contributed by atoms with Crippen molar-refractivity contribution in [1.82, 2.24) is 0 Å². The van der Waals surface area contributed by atoms with Crippen LogP contribution in [0.5, 0.6) is 0 Å². The quantitative estimate of drug-likeness (QED) is 0.653. The van der Waals surface area contributed by atoms with Crippen molar-refractivity contribution in [1.29, 1.82) is 5.26 Å². The van der Waals surface area contributed by atoms with Crippen molar-refractivity contribution in [3.63, 3.8) is 0 Å². The van der Waals surface area contributed by atoms with Gasteiger partial charge in [-0.2, -0.15) is 5.26 Å². The maximum atomic E-state index is 11.8. The zero-order chi connectivity index (χ0) is 15.3. The van der Waals surface area contributed by atoms with Crippen molar-refractivity contribution in [2.24, 2.45) is 11.8 Å². The van der Waals surface area contributed by atoms with Crippen molar-refractivity contribution >= 4 is 51.7 Å². The van der Waals surface area contributed by atoms with E-state index in [-0.39, 0.29) is 11.7 Å². The fraction of sp³-hybridized carbons (Fsp3) is 0.308. The van der Waals surface area contributed by atoms with Gasteiger partial charge in [-0.25, -0.2) is 0 Å². The van der Waals surface area contributed by atoms with Crippen LogP contribution in [0.25, 0.3) is 0 Å². The topological polar surface area (TPSA) is 70.0 Å². The third-order valence-electron chi connectivity index (χ3n) is 2.41. The molecule has 0 aliphatic carbocycles. The van der Waals surface area contributed by atoms with Gasteiger partial charge < -0.3 is 4.72 Å². The lowest BCUT2D eigenvalue weighted by molar-refractivity contribution is -0.128. The second-order valence-electron chi connectivity index (χ2n) is 4.27. The SMILES string of the molecule is CC(C)C(=O)C(C#N)C(=O)SNc1ccc(Cl)c(Cl)c1. The standard InChI is InChI=1S/C13H12Cl2N2O2S/c1-7(2)12(18)9(6-16)13(19)20-17-8-3-4-10(14)11(15)5-8/h3-5,7,9,17H,1-2H3. The van der Waals surface area contributed by atoms with Crippen LogP contribution in [0.3, 0.4) is 0 Å². The molecule has 1 unspecified atom stereocenters. The molecule has 1 rings (SSSR count). The molecule has 7 heteroatoms. The molecule has 0 amide bonds. The summed E-state index contributed by atoms with van der Waals surface area (Å²) >= 11 is 12.3. The fourth-order valence-corrected chi connectivity index (χ4v) is 2.22. The van der Waals surface area contributed by atoms with Gasteiger partial charge in [0, 0.05) is 23.6 Å². The van der Waals surface area contributed by atoms with E-state index in [1.54, 1.807) is 38.1 Å². The number of hydrogen-bond acceptors (Lipinski definition) is 5. The monoisotopic (exact) mass is 330 g/mol. The van der Waals surface area contributed by atoms with Gasteiger partial charge in [-0.3, -0.25) is 9.59 Å². The Morgan fingerprint density at radius 1 is 1.30 bits per heavy atom. The molecule has 1 atom stereocenters. The summed E-state index contributed by atoms with van der Waals surface area (Å²) in [6.45, 7) is 3.30. The summed E-state index contributed by atoms with van der Waals surface area (Å²) in [5.41, 5.74) is 0.562. The van der Waals surface area contributed by atoms with E-state index < -0.39 is 11.0 Å². The molecule has 0 fully saturated rings. The summed E-state index contributed by atoms with van der Waals surface area (Å²) in [6, 6.07) is 6.50. The number of nitriles is 1. The van der Waals surface area contributed by atoms with Crippen LogP contribution in [0, 0.1) is 23.2 Å². The van der Waals surface area contributed by atoms with Crippen LogP contribution < -0.4 is 4.72 Å². The number of nitrogens with one attached hydrogen (secondary N) is 1. The van der Waals surface area contributed by atoms with Crippen molar-refractivity contribution < 1.29 is 9.59 Å². The lowest BCUT2D eigenvalue weighted by Crippen LogP contribution is -2.25. The Kier molecular flexibility index (Phi) is 6.34. The summed E-state index contributed by atoms with van der Waals surface area (Å²) in [6.07, 6.45) is 0. The maximum absolute atomic E-state index is 11.8. The van der Waals surface area contributed by atoms with E-state index in [2.05, 4.69) is 4.72 Å². The van der Waals surface area contributed by atoms with Crippen LogP contribution in [0.1, 0.15) is 13.8 Å². The Hall–Kier alpha value is -1.22. The Bertz CT molecular complexity index is 570. The molecule has 0 aromatic heterocycles. The van der Waals surface area contributed by atoms with E-state index in [1.165, 1.54) is 0 Å². The average molecular weight is 331 g/mol. The highest BCUT2D eigenvalue weighted by Crippen LogP contribution is 2.27. The Morgan fingerprint density at radius 3 is 2.45 bits per heavy atom. The number of carbonyl (C=O) groups is 2. The molecule has 0 saturated carbocycles. The van der Waals surface area contributed by atoms with Crippen LogP contribution in [0.4, 0.5) is 5.69 Å². The number of ketones is 1. The second-order valence-corrected chi connectivity index (χ2v) is 5.90. The summed E-state index contributed by atoms with van der Waals surface area (Å²) in [5, 5.41) is 9.13. The average Bonchev–Trinajstić information content (AvgIpc) is 2.40. The molecule has 0 heterocycles. The normalized spacial score (nSPS) is 11.8. The lowest BCUT2D eigenvalue weighted by Gasteiger charge is -2.10. The highest BCUT2D eigenvalue weighted by molar-refractivity contribution is 8.14. The number of Topliss-reactive ketones (excluding diaryl/α,β-unsaturated/α-hetero) is 1. The molecule has 106 valence electrons. The van der Waals surface area contributed by atoms with Crippen molar-refractivity contribution in [3.05, 3.63) is 28.2 Å². The summed E-state index contributed by atoms with van der Waals surface area (Å²) in [7, 11) is 0.